The number of halogens is 2. The number of nitrogens with one attached hydrogen (secondary N) is 2. The first-order valence-electron chi connectivity index (χ1n) is 11.9. The van der Waals surface area contributed by atoms with Crippen molar-refractivity contribution in [2.75, 3.05) is 22.8 Å². The third kappa shape index (κ3) is 5.68. The molecule has 1 aromatic heterocycles. The van der Waals surface area contributed by atoms with Crippen molar-refractivity contribution in [3.63, 3.8) is 0 Å². The average Bonchev–Trinajstić information content (AvgIpc) is 3.53. The van der Waals surface area contributed by atoms with Crippen LogP contribution in [0.2, 0.25) is 0 Å². The number of fused-ring (bicyclic) bond motifs is 2. The lowest BCUT2D eigenvalue weighted by Gasteiger charge is -2.26. The highest BCUT2D eigenvalue weighted by molar-refractivity contribution is 7.91. The first-order chi connectivity index (χ1) is 18.6. The largest absolute Gasteiger partial charge is 0.330 e. The minimum Gasteiger partial charge on any atom is -0.325 e. The van der Waals surface area contributed by atoms with E-state index in [1.807, 2.05) is 4.72 Å². The molecule has 2 heterocycles. The number of nitrogens with zero attached hydrogens (tertiary/aromatic N) is 3. The van der Waals surface area contributed by atoms with Crippen LogP contribution < -0.4 is 19.2 Å². The van der Waals surface area contributed by atoms with Crippen LogP contribution in [-0.2, 0) is 27.8 Å². The fourth-order valence-corrected chi connectivity index (χ4v) is 6.33. The Labute approximate surface area is 227 Å². The number of carbonyl (C=O) groups excluding carboxylic acids is 2. The highest BCUT2D eigenvalue weighted by Crippen LogP contribution is 2.29. The zero-order valence-electron chi connectivity index (χ0n) is 20.6. The number of hydrogen-bond donors (Lipinski definition) is 2. The second-order valence-electron chi connectivity index (χ2n) is 8.97. The standard InChI is InChI=1S/C26H23F2N5O4S2/c1-32(20-6-7-24-21(14-20)29-15-38-24)25(34)22(12-16-10-18(27)13-19(28)11-16)30-26(35)31-39(36,37)33-9-8-17-4-2-3-5-23(17)33/h2-7,10-11,13-15,22H,8-9,12H2,1H3,(H2,30,31,35). The molecule has 0 aliphatic carbocycles. The minimum absolute atomic E-state index is 0.103. The second kappa shape index (κ2) is 10.6. The van der Waals surface area contributed by atoms with Crippen LogP contribution >= 0.6 is 11.3 Å². The molecule has 202 valence electrons. The number of aromatic nitrogens is 1. The van der Waals surface area contributed by atoms with Crippen molar-refractivity contribution in [2.24, 2.45) is 0 Å². The van der Waals surface area contributed by atoms with Crippen LogP contribution in [0.4, 0.5) is 25.0 Å². The van der Waals surface area contributed by atoms with E-state index in [-0.39, 0.29) is 18.5 Å². The lowest BCUT2D eigenvalue weighted by atomic mass is 10.0. The number of para-hydroxylation sites is 1. The highest BCUT2D eigenvalue weighted by Gasteiger charge is 2.32. The second-order valence-corrected chi connectivity index (χ2v) is 11.4. The molecule has 0 fully saturated rings. The summed E-state index contributed by atoms with van der Waals surface area (Å²) in [5.74, 6) is -2.33. The first-order valence-corrected chi connectivity index (χ1v) is 14.2. The van der Waals surface area contributed by atoms with E-state index in [0.717, 1.165) is 26.7 Å². The van der Waals surface area contributed by atoms with Crippen LogP contribution in [0, 0.1) is 11.6 Å². The number of benzene rings is 3. The van der Waals surface area contributed by atoms with Crippen LogP contribution in [0.25, 0.3) is 10.2 Å². The Morgan fingerprint density at radius 3 is 2.62 bits per heavy atom. The van der Waals surface area contributed by atoms with E-state index in [4.69, 9.17) is 0 Å². The van der Waals surface area contributed by atoms with Crippen molar-refractivity contribution in [3.05, 3.63) is 88.9 Å². The molecule has 9 nitrogen and oxygen atoms in total. The number of likely N-dealkylation sites (N-methyl/N-ethyl adjacent to an activating group) is 1. The van der Waals surface area contributed by atoms with Gasteiger partial charge in [-0.2, -0.15) is 8.42 Å². The normalized spacial score (nSPS) is 13.7. The summed E-state index contributed by atoms with van der Waals surface area (Å²) < 4.78 is 57.7. The molecule has 1 aliphatic heterocycles. The van der Waals surface area contributed by atoms with E-state index >= 15 is 0 Å². The maximum absolute atomic E-state index is 13.9. The fourth-order valence-electron chi connectivity index (χ4n) is 4.50. The molecule has 0 saturated heterocycles. The van der Waals surface area contributed by atoms with Crippen LogP contribution in [-0.4, -0.2) is 45.0 Å². The number of urea groups is 1. The van der Waals surface area contributed by atoms with Crippen molar-refractivity contribution in [1.29, 1.82) is 0 Å². The van der Waals surface area contributed by atoms with Gasteiger partial charge in [-0.15, -0.1) is 11.3 Å². The van der Waals surface area contributed by atoms with Crippen LogP contribution in [0.3, 0.4) is 0 Å². The van der Waals surface area contributed by atoms with Gasteiger partial charge >= 0.3 is 16.2 Å². The van der Waals surface area contributed by atoms with Gasteiger partial charge in [-0.1, -0.05) is 18.2 Å². The molecule has 0 bridgehead atoms. The molecule has 3 amide bonds. The number of carbonyl (C=O) groups is 2. The predicted octanol–water partition coefficient (Wildman–Crippen LogP) is 3.76. The van der Waals surface area contributed by atoms with E-state index in [9.17, 15) is 26.8 Å². The summed E-state index contributed by atoms with van der Waals surface area (Å²) >= 11 is 1.43. The van der Waals surface area contributed by atoms with Crippen LogP contribution in [0.1, 0.15) is 11.1 Å². The average molecular weight is 572 g/mol. The Morgan fingerprint density at radius 2 is 1.85 bits per heavy atom. The van der Waals surface area contributed by atoms with Gasteiger partial charge in [0.1, 0.15) is 17.7 Å². The van der Waals surface area contributed by atoms with E-state index in [1.165, 1.54) is 23.3 Å². The fraction of sp³-hybridized carbons (Fsp3) is 0.192. The summed E-state index contributed by atoms with van der Waals surface area (Å²) in [6.45, 7) is 0.148. The van der Waals surface area contributed by atoms with E-state index in [1.54, 1.807) is 48.0 Å². The van der Waals surface area contributed by atoms with E-state index in [0.29, 0.717) is 29.4 Å². The molecule has 39 heavy (non-hydrogen) atoms. The Hall–Kier alpha value is -4.10. The minimum atomic E-state index is -4.30. The Balaban J connectivity index is 1.38. The summed E-state index contributed by atoms with van der Waals surface area (Å²) in [5, 5.41) is 2.39. The van der Waals surface area contributed by atoms with Crippen LogP contribution in [0.5, 0.6) is 0 Å². The van der Waals surface area contributed by atoms with Gasteiger partial charge in [-0.3, -0.25) is 9.10 Å². The van der Waals surface area contributed by atoms with Gasteiger partial charge in [0, 0.05) is 31.8 Å². The maximum Gasteiger partial charge on any atom is 0.330 e. The van der Waals surface area contributed by atoms with Gasteiger partial charge in [-0.25, -0.2) is 23.3 Å². The molecule has 0 spiro atoms. The van der Waals surface area contributed by atoms with Gasteiger partial charge in [-0.05, 0) is 53.9 Å². The quantitative estimate of drug-likeness (QED) is 0.351. The van der Waals surface area contributed by atoms with Crippen LogP contribution in [0.15, 0.2) is 66.2 Å². The predicted molar refractivity (Wildman–Crippen MR) is 145 cm³/mol. The lowest BCUT2D eigenvalue weighted by Crippen LogP contribution is -2.54. The third-order valence-corrected chi connectivity index (χ3v) is 8.57. The number of hydrogen-bond acceptors (Lipinski definition) is 6. The molecule has 2 N–H and O–H groups in total. The SMILES string of the molecule is CN(C(=O)C(Cc1cc(F)cc(F)c1)NC(=O)NS(=O)(=O)N1CCc2ccccc21)c1ccc2scnc2c1. The zero-order valence-corrected chi connectivity index (χ0v) is 22.2. The van der Waals surface area contributed by atoms with E-state index < -0.39 is 39.8 Å². The highest BCUT2D eigenvalue weighted by atomic mass is 32.2. The van der Waals surface area contributed by atoms with Gasteiger partial charge in [0.15, 0.2) is 0 Å². The molecular formula is C26H23F2N5O4S2. The topological polar surface area (TPSA) is 112 Å². The Kier molecular flexibility index (Phi) is 7.19. The lowest BCUT2D eigenvalue weighted by molar-refractivity contribution is -0.120. The van der Waals surface area contributed by atoms with Gasteiger partial charge < -0.3 is 10.2 Å². The number of rotatable bonds is 7. The molecule has 5 rings (SSSR count). The molecule has 0 radical (unpaired) electrons. The molecule has 1 aliphatic rings. The van der Waals surface area contributed by atoms with Gasteiger partial charge in [0.25, 0.3) is 0 Å². The summed E-state index contributed by atoms with van der Waals surface area (Å²) in [6, 6.07) is 12.4. The number of amides is 3. The molecule has 13 heteroatoms. The van der Waals surface area contributed by atoms with Crippen molar-refractivity contribution in [2.45, 2.75) is 18.9 Å². The van der Waals surface area contributed by atoms with E-state index in [2.05, 4.69) is 10.3 Å². The van der Waals surface area contributed by atoms with Gasteiger partial charge in [0.2, 0.25) is 5.91 Å². The Bertz CT molecular complexity index is 1660. The third-order valence-electron chi connectivity index (χ3n) is 6.35. The maximum atomic E-state index is 13.9. The molecular weight excluding hydrogens is 548 g/mol. The summed E-state index contributed by atoms with van der Waals surface area (Å²) in [5.41, 5.74) is 4.19. The molecule has 1 unspecified atom stereocenters. The molecule has 3 aromatic carbocycles. The zero-order chi connectivity index (χ0) is 27.7. The van der Waals surface area contributed by atoms with Crippen molar-refractivity contribution in [1.82, 2.24) is 15.0 Å². The van der Waals surface area contributed by atoms with Gasteiger partial charge in [0.05, 0.1) is 21.4 Å². The first kappa shape index (κ1) is 26.5. The summed E-state index contributed by atoms with van der Waals surface area (Å²) in [6.07, 6.45) is 0.190. The molecule has 4 aromatic rings. The monoisotopic (exact) mass is 571 g/mol. The smallest absolute Gasteiger partial charge is 0.325 e. The number of anilines is 2. The van der Waals surface area contributed by atoms with Crippen molar-refractivity contribution in [3.8, 4) is 0 Å². The summed E-state index contributed by atoms with van der Waals surface area (Å²) in [4.78, 5) is 32.0. The van der Waals surface area contributed by atoms with Crippen molar-refractivity contribution < 1.29 is 26.8 Å². The molecule has 1 atom stereocenters. The van der Waals surface area contributed by atoms with Crippen molar-refractivity contribution >= 4 is 55.1 Å². The summed E-state index contributed by atoms with van der Waals surface area (Å²) in [7, 11) is -2.82. The molecule has 0 saturated carbocycles. The Morgan fingerprint density at radius 1 is 1.10 bits per heavy atom. The number of thiazole rings is 1.